The van der Waals surface area contributed by atoms with Crippen LogP contribution in [0.3, 0.4) is 0 Å². The van der Waals surface area contributed by atoms with Crippen LogP contribution in [0.15, 0.2) is 0 Å². The van der Waals surface area contributed by atoms with E-state index in [1.165, 1.54) is 13.8 Å². The number of hydrogen-bond acceptors (Lipinski definition) is 15. The quantitative estimate of drug-likeness (QED) is 0.159. The predicted molar refractivity (Wildman–Crippen MR) is 149 cm³/mol. The van der Waals surface area contributed by atoms with E-state index in [0.29, 0.717) is 56.4 Å². The first-order chi connectivity index (χ1) is 19.2. The van der Waals surface area contributed by atoms with Crippen LogP contribution in [0.2, 0.25) is 0 Å². The number of ether oxygens (including phenoxy) is 6. The molecule has 1 N–H and O–H groups in total. The number of carbonyl (C=O) groups is 6. The molecule has 1 rings (SSSR count). The van der Waals surface area contributed by atoms with Gasteiger partial charge in [-0.1, -0.05) is 27.7 Å². The van der Waals surface area contributed by atoms with Gasteiger partial charge >= 0.3 is 28.5 Å². The van der Waals surface area contributed by atoms with E-state index in [9.17, 15) is 28.8 Å². The molecular weight excluding hydrogens is 584 g/mol. The minimum absolute atomic E-state index is 0.0467. The normalized spacial score (nSPS) is 14.6. The molecule has 0 saturated carbocycles. The van der Waals surface area contributed by atoms with Crippen molar-refractivity contribution in [2.75, 3.05) is 58.8 Å². The van der Waals surface area contributed by atoms with Gasteiger partial charge in [-0.3, -0.25) is 19.3 Å². The Bertz CT molecular complexity index is 907. The molecule has 14 nitrogen and oxygen atoms in total. The third kappa shape index (κ3) is 15.3. The third-order valence-corrected chi connectivity index (χ3v) is 7.13. The third-order valence-electron chi connectivity index (χ3n) is 5.30. The van der Waals surface area contributed by atoms with Crippen LogP contribution in [0, 0.1) is 11.8 Å². The Balaban J connectivity index is 2.71. The highest BCUT2D eigenvalue weighted by Crippen LogP contribution is 2.27. The van der Waals surface area contributed by atoms with Gasteiger partial charge in [0.2, 0.25) is 19.5 Å². The lowest BCUT2D eigenvalue weighted by Gasteiger charge is -2.27. The summed E-state index contributed by atoms with van der Waals surface area (Å²) in [7, 11) is 0. The molecule has 0 aromatic heterocycles. The summed E-state index contributed by atoms with van der Waals surface area (Å²) in [5.41, 5.74) is 0. The Morgan fingerprint density at radius 1 is 0.805 bits per heavy atom. The Morgan fingerprint density at radius 2 is 1.34 bits per heavy atom. The maximum atomic E-state index is 13.0. The van der Waals surface area contributed by atoms with Crippen molar-refractivity contribution in [1.29, 1.82) is 0 Å². The number of rotatable bonds is 15. The highest BCUT2D eigenvalue weighted by atomic mass is 32.2. The number of hydrogen-bond donors (Lipinski definition) is 1. The molecule has 0 spiro atoms. The van der Waals surface area contributed by atoms with Crippen LogP contribution in [0.4, 0.5) is 9.59 Å². The van der Waals surface area contributed by atoms with Gasteiger partial charge in [0.15, 0.2) is 0 Å². The molecule has 234 valence electrons. The molecule has 1 aliphatic rings. The fourth-order valence-corrected chi connectivity index (χ4v) is 4.11. The molecule has 0 unspecified atom stereocenters. The largest absolute Gasteiger partial charge is 0.463 e. The van der Waals surface area contributed by atoms with E-state index in [-0.39, 0.29) is 12.4 Å². The highest BCUT2D eigenvalue weighted by Gasteiger charge is 2.36. The van der Waals surface area contributed by atoms with E-state index in [1.54, 1.807) is 27.7 Å². The summed E-state index contributed by atoms with van der Waals surface area (Å²) in [6.07, 6.45) is 0. The first-order valence-electron chi connectivity index (χ1n) is 13.0. The molecule has 41 heavy (non-hydrogen) atoms. The summed E-state index contributed by atoms with van der Waals surface area (Å²) in [5, 5.41) is 0.797. The average molecular weight is 625 g/mol. The standard InChI is InChI=1S/C25H40N2O12S2/c1-16(2)19(28)36-14-38-23(32)40-13-18(21(30)35-12-9-27-7-10-34-11-8-27)26-22(31)25(5,6)41-24(33)39-15-37-20(29)17(3)4/h16-18H,7-15H2,1-6H3,(H,26,31)/t18-/m0/s1. The number of morpholine rings is 1. The average Bonchev–Trinajstić information content (AvgIpc) is 2.90. The maximum Gasteiger partial charge on any atom is 0.371 e. The van der Waals surface area contributed by atoms with Crippen LogP contribution in [0.5, 0.6) is 0 Å². The Hall–Kier alpha value is -2.56. The SMILES string of the molecule is CC(C)C(=O)OCOC(=O)SC[C@H](NC(=O)C(C)(C)SC(=O)OCOC(=O)C(C)C)C(=O)OCCN1CCOCC1. The molecule has 1 heterocycles. The minimum atomic E-state index is -1.41. The Labute approximate surface area is 248 Å². The van der Waals surface area contributed by atoms with E-state index >= 15 is 0 Å². The highest BCUT2D eigenvalue weighted by molar-refractivity contribution is 8.15. The summed E-state index contributed by atoms with van der Waals surface area (Å²) >= 11 is 1.09. The molecule has 1 atom stereocenters. The molecule has 0 bridgehead atoms. The maximum absolute atomic E-state index is 13.0. The van der Waals surface area contributed by atoms with Gasteiger partial charge in [-0.2, -0.15) is 0 Å². The number of nitrogens with zero attached hydrogens (tertiary/aromatic N) is 1. The zero-order valence-corrected chi connectivity index (χ0v) is 25.9. The van der Waals surface area contributed by atoms with Gasteiger partial charge in [-0.15, -0.1) is 0 Å². The van der Waals surface area contributed by atoms with Gasteiger partial charge in [-0.25, -0.2) is 14.4 Å². The Morgan fingerprint density at radius 3 is 1.88 bits per heavy atom. The van der Waals surface area contributed by atoms with E-state index in [4.69, 9.17) is 28.4 Å². The minimum Gasteiger partial charge on any atom is -0.463 e. The van der Waals surface area contributed by atoms with Gasteiger partial charge in [0.25, 0.3) is 0 Å². The smallest absolute Gasteiger partial charge is 0.371 e. The van der Waals surface area contributed by atoms with Crippen molar-refractivity contribution >= 4 is 57.9 Å². The van der Waals surface area contributed by atoms with Crippen molar-refractivity contribution < 1.29 is 57.2 Å². The molecule has 0 aromatic carbocycles. The van der Waals surface area contributed by atoms with Crippen LogP contribution in [-0.2, 0) is 47.6 Å². The second-order valence-electron chi connectivity index (χ2n) is 9.83. The van der Waals surface area contributed by atoms with Gasteiger partial charge in [0.1, 0.15) is 12.6 Å². The lowest BCUT2D eigenvalue weighted by molar-refractivity contribution is -0.156. The number of thioether (sulfide) groups is 2. The summed E-state index contributed by atoms with van der Waals surface area (Å²) in [6, 6.07) is -1.27. The van der Waals surface area contributed by atoms with Crippen molar-refractivity contribution in [2.45, 2.75) is 52.3 Å². The number of carbonyl (C=O) groups excluding carboxylic acids is 6. The van der Waals surface area contributed by atoms with E-state index < -0.39 is 70.6 Å². The molecule has 0 radical (unpaired) electrons. The fraction of sp³-hybridized carbons (Fsp3) is 0.760. The topological polar surface area (TPSA) is 173 Å². The van der Waals surface area contributed by atoms with Crippen LogP contribution >= 0.6 is 23.5 Å². The van der Waals surface area contributed by atoms with Crippen LogP contribution < -0.4 is 5.32 Å². The van der Waals surface area contributed by atoms with Gasteiger partial charge in [0.05, 0.1) is 29.8 Å². The molecule has 1 amide bonds. The second-order valence-corrected chi connectivity index (χ2v) is 12.3. The van der Waals surface area contributed by atoms with Crippen molar-refractivity contribution in [2.24, 2.45) is 11.8 Å². The van der Waals surface area contributed by atoms with Crippen molar-refractivity contribution in [3.63, 3.8) is 0 Å². The predicted octanol–water partition coefficient (Wildman–Crippen LogP) is 2.18. The fourth-order valence-electron chi connectivity index (χ4n) is 2.78. The lowest BCUT2D eigenvalue weighted by atomic mass is 10.2. The van der Waals surface area contributed by atoms with E-state index in [2.05, 4.69) is 10.2 Å². The second kappa shape index (κ2) is 18.8. The molecule has 16 heteroatoms. The van der Waals surface area contributed by atoms with Gasteiger partial charge in [-0.05, 0) is 37.4 Å². The van der Waals surface area contributed by atoms with E-state index in [1.807, 2.05) is 0 Å². The molecule has 0 aromatic rings. The summed E-state index contributed by atoms with van der Waals surface area (Å²) in [6.45, 7) is 11.2. The van der Waals surface area contributed by atoms with Crippen LogP contribution in [0.25, 0.3) is 0 Å². The van der Waals surface area contributed by atoms with Gasteiger partial charge < -0.3 is 33.7 Å². The van der Waals surface area contributed by atoms with Crippen molar-refractivity contribution in [1.82, 2.24) is 10.2 Å². The number of nitrogens with one attached hydrogen (secondary N) is 1. The molecular formula is C25H40N2O12S2. The monoisotopic (exact) mass is 624 g/mol. The molecule has 1 aliphatic heterocycles. The number of amides is 1. The summed E-state index contributed by atoms with van der Waals surface area (Å²) < 4.78 is 28.5. The van der Waals surface area contributed by atoms with E-state index in [0.717, 1.165) is 0 Å². The first-order valence-corrected chi connectivity index (χ1v) is 14.8. The van der Waals surface area contributed by atoms with Gasteiger partial charge in [0, 0.05) is 25.4 Å². The molecule has 0 aliphatic carbocycles. The van der Waals surface area contributed by atoms with Crippen molar-refractivity contribution in [3.05, 3.63) is 0 Å². The molecule has 1 saturated heterocycles. The Kier molecular flexibility index (Phi) is 16.7. The number of esters is 3. The summed E-state index contributed by atoms with van der Waals surface area (Å²) in [5.74, 6) is -3.66. The zero-order valence-electron chi connectivity index (χ0n) is 24.3. The first kappa shape index (κ1) is 36.5. The summed E-state index contributed by atoms with van der Waals surface area (Å²) in [4.78, 5) is 75.3. The lowest BCUT2D eigenvalue weighted by Crippen LogP contribution is -2.50. The molecule has 1 fully saturated rings. The van der Waals surface area contributed by atoms with Crippen molar-refractivity contribution in [3.8, 4) is 0 Å². The zero-order chi connectivity index (χ0) is 31.0. The van der Waals surface area contributed by atoms with Crippen LogP contribution in [0.1, 0.15) is 41.5 Å². The van der Waals surface area contributed by atoms with Crippen LogP contribution in [-0.4, -0.2) is 109 Å².